The standard InChI is InChI=1S/C20H24N6O3S/c1-15-11-16(2)18(12-17(15)29-3)30(27,28)25-9-7-24(8-10-25)19-13-20(22-14-21-19)26-6-4-5-23-26/h4-6,11-14H,7-10H2,1-3H3. The molecule has 0 aliphatic carbocycles. The third kappa shape index (κ3) is 3.75. The SMILES string of the molecule is COc1cc(S(=O)(=O)N2CCN(c3cc(-n4cccn4)ncn3)CC2)c(C)cc1C. The molecule has 158 valence electrons. The summed E-state index contributed by atoms with van der Waals surface area (Å²) < 4.78 is 35.0. The molecule has 0 unspecified atom stereocenters. The normalized spacial score (nSPS) is 15.4. The van der Waals surface area contributed by atoms with E-state index in [1.807, 2.05) is 38.2 Å². The molecule has 3 aromatic rings. The van der Waals surface area contributed by atoms with Crippen LogP contribution in [-0.4, -0.2) is 65.8 Å². The van der Waals surface area contributed by atoms with E-state index in [1.165, 1.54) is 10.6 Å². The van der Waals surface area contributed by atoms with Crippen molar-refractivity contribution >= 4 is 15.8 Å². The molecule has 1 fully saturated rings. The Morgan fingerprint density at radius 2 is 1.70 bits per heavy atom. The maximum Gasteiger partial charge on any atom is 0.243 e. The molecule has 30 heavy (non-hydrogen) atoms. The molecular weight excluding hydrogens is 404 g/mol. The Morgan fingerprint density at radius 3 is 2.37 bits per heavy atom. The maximum atomic E-state index is 13.3. The van der Waals surface area contributed by atoms with Crippen molar-refractivity contribution in [1.82, 2.24) is 24.1 Å². The first-order valence-corrected chi connectivity index (χ1v) is 11.1. The number of benzene rings is 1. The van der Waals surface area contributed by atoms with Gasteiger partial charge in [0.25, 0.3) is 0 Å². The Bertz CT molecular complexity index is 1140. The van der Waals surface area contributed by atoms with Gasteiger partial charge in [0.2, 0.25) is 10.0 Å². The molecule has 1 aliphatic rings. The smallest absolute Gasteiger partial charge is 0.243 e. The molecule has 9 nitrogen and oxygen atoms in total. The van der Waals surface area contributed by atoms with Crippen LogP contribution in [0.15, 0.2) is 47.9 Å². The quantitative estimate of drug-likeness (QED) is 0.612. The Kier molecular flexibility index (Phi) is 5.44. The summed E-state index contributed by atoms with van der Waals surface area (Å²) in [5.41, 5.74) is 1.63. The fourth-order valence-corrected chi connectivity index (χ4v) is 5.29. The first-order valence-electron chi connectivity index (χ1n) is 9.62. The van der Waals surface area contributed by atoms with Gasteiger partial charge in [-0.05, 0) is 31.0 Å². The Hall–Kier alpha value is -2.98. The summed E-state index contributed by atoms with van der Waals surface area (Å²) in [5, 5.41) is 4.19. The van der Waals surface area contributed by atoms with Gasteiger partial charge in [0.05, 0.1) is 12.0 Å². The number of aromatic nitrogens is 4. The van der Waals surface area contributed by atoms with Crippen molar-refractivity contribution in [3.05, 3.63) is 54.1 Å². The summed E-state index contributed by atoms with van der Waals surface area (Å²) in [5.74, 6) is 1.99. The number of sulfonamides is 1. The molecule has 0 amide bonds. The Labute approximate surface area is 176 Å². The minimum atomic E-state index is -3.61. The van der Waals surface area contributed by atoms with Crippen LogP contribution >= 0.6 is 0 Å². The topological polar surface area (TPSA) is 93.5 Å². The molecule has 10 heteroatoms. The molecule has 4 rings (SSSR count). The Morgan fingerprint density at radius 1 is 0.967 bits per heavy atom. The van der Waals surface area contributed by atoms with Crippen LogP contribution in [0.1, 0.15) is 11.1 Å². The number of piperazine rings is 1. The zero-order chi connectivity index (χ0) is 21.3. The highest BCUT2D eigenvalue weighted by atomic mass is 32.2. The number of nitrogens with zero attached hydrogens (tertiary/aromatic N) is 6. The molecule has 0 atom stereocenters. The predicted molar refractivity (Wildman–Crippen MR) is 113 cm³/mol. The molecule has 0 saturated carbocycles. The van der Waals surface area contributed by atoms with E-state index in [9.17, 15) is 8.42 Å². The van der Waals surface area contributed by atoms with Gasteiger partial charge < -0.3 is 9.64 Å². The molecular formula is C20H24N6O3S. The van der Waals surface area contributed by atoms with E-state index < -0.39 is 10.0 Å². The van der Waals surface area contributed by atoms with Crippen molar-refractivity contribution in [1.29, 1.82) is 0 Å². The Balaban J connectivity index is 1.52. The molecule has 2 aromatic heterocycles. The van der Waals surface area contributed by atoms with Gasteiger partial charge in [0, 0.05) is 50.7 Å². The summed E-state index contributed by atoms with van der Waals surface area (Å²) in [4.78, 5) is 11.0. The fraction of sp³-hybridized carbons (Fsp3) is 0.350. The summed E-state index contributed by atoms with van der Waals surface area (Å²) >= 11 is 0. The number of aryl methyl sites for hydroxylation is 2. The highest BCUT2D eigenvalue weighted by Crippen LogP contribution is 2.29. The van der Waals surface area contributed by atoms with Crippen molar-refractivity contribution < 1.29 is 13.2 Å². The van der Waals surface area contributed by atoms with Gasteiger partial charge in [0.1, 0.15) is 17.9 Å². The van der Waals surface area contributed by atoms with Crippen LogP contribution in [0.4, 0.5) is 5.82 Å². The van der Waals surface area contributed by atoms with Gasteiger partial charge >= 0.3 is 0 Å². The van der Waals surface area contributed by atoms with E-state index in [0.717, 1.165) is 16.9 Å². The summed E-state index contributed by atoms with van der Waals surface area (Å²) in [6.07, 6.45) is 5.00. The number of hydrogen-bond acceptors (Lipinski definition) is 7. The number of methoxy groups -OCH3 is 1. The molecule has 1 aliphatic heterocycles. The molecule has 0 bridgehead atoms. The van der Waals surface area contributed by atoms with Gasteiger partial charge in [-0.25, -0.2) is 23.1 Å². The van der Waals surface area contributed by atoms with Crippen LogP contribution in [-0.2, 0) is 10.0 Å². The monoisotopic (exact) mass is 428 g/mol. The first-order chi connectivity index (χ1) is 14.4. The van der Waals surface area contributed by atoms with E-state index in [2.05, 4.69) is 20.0 Å². The zero-order valence-corrected chi connectivity index (χ0v) is 18.0. The average Bonchev–Trinajstić information content (AvgIpc) is 3.29. The van der Waals surface area contributed by atoms with Crippen LogP contribution in [0.25, 0.3) is 5.82 Å². The number of rotatable bonds is 5. The van der Waals surface area contributed by atoms with Crippen LogP contribution in [0.5, 0.6) is 5.75 Å². The van der Waals surface area contributed by atoms with Gasteiger partial charge in [0.15, 0.2) is 5.82 Å². The van der Waals surface area contributed by atoms with E-state index in [-0.39, 0.29) is 0 Å². The van der Waals surface area contributed by atoms with Crippen molar-refractivity contribution in [2.45, 2.75) is 18.7 Å². The molecule has 1 saturated heterocycles. The molecule has 3 heterocycles. The summed E-state index contributed by atoms with van der Waals surface area (Å²) in [6.45, 7) is 5.54. The van der Waals surface area contributed by atoms with E-state index in [4.69, 9.17) is 4.74 Å². The van der Waals surface area contributed by atoms with Crippen molar-refractivity contribution in [2.24, 2.45) is 0 Å². The number of hydrogen-bond donors (Lipinski definition) is 0. The first kappa shape index (κ1) is 20.3. The van der Waals surface area contributed by atoms with Crippen LogP contribution < -0.4 is 9.64 Å². The van der Waals surface area contributed by atoms with Crippen molar-refractivity contribution in [3.63, 3.8) is 0 Å². The highest BCUT2D eigenvalue weighted by molar-refractivity contribution is 7.89. The predicted octanol–water partition coefficient (Wildman–Crippen LogP) is 1.80. The zero-order valence-electron chi connectivity index (χ0n) is 17.2. The fourth-order valence-electron chi connectivity index (χ4n) is 3.65. The van der Waals surface area contributed by atoms with Gasteiger partial charge in [-0.15, -0.1) is 0 Å². The highest BCUT2D eigenvalue weighted by Gasteiger charge is 2.30. The minimum absolute atomic E-state index is 0.293. The van der Waals surface area contributed by atoms with Gasteiger partial charge in [-0.3, -0.25) is 0 Å². The second kappa shape index (κ2) is 8.04. The van der Waals surface area contributed by atoms with Gasteiger partial charge in [-0.2, -0.15) is 9.40 Å². The van der Waals surface area contributed by atoms with E-state index in [1.54, 1.807) is 24.1 Å². The third-order valence-electron chi connectivity index (χ3n) is 5.25. The largest absolute Gasteiger partial charge is 0.496 e. The second-order valence-corrected chi connectivity index (χ2v) is 9.07. The maximum absolute atomic E-state index is 13.3. The lowest BCUT2D eigenvalue weighted by Gasteiger charge is -2.35. The average molecular weight is 429 g/mol. The van der Waals surface area contributed by atoms with Crippen LogP contribution in [0, 0.1) is 13.8 Å². The molecule has 0 spiro atoms. The summed E-state index contributed by atoms with van der Waals surface area (Å²) in [6, 6.07) is 7.15. The summed E-state index contributed by atoms with van der Waals surface area (Å²) in [7, 11) is -2.06. The lowest BCUT2D eigenvalue weighted by molar-refractivity contribution is 0.382. The number of ether oxygens (including phenoxy) is 1. The molecule has 1 aromatic carbocycles. The van der Waals surface area contributed by atoms with Gasteiger partial charge in [-0.1, -0.05) is 6.07 Å². The van der Waals surface area contributed by atoms with E-state index >= 15 is 0 Å². The van der Waals surface area contributed by atoms with E-state index in [0.29, 0.717) is 42.6 Å². The van der Waals surface area contributed by atoms with Crippen molar-refractivity contribution in [3.8, 4) is 11.6 Å². The minimum Gasteiger partial charge on any atom is -0.496 e. The lowest BCUT2D eigenvalue weighted by Crippen LogP contribution is -2.49. The number of anilines is 1. The second-order valence-electron chi connectivity index (χ2n) is 7.16. The third-order valence-corrected chi connectivity index (χ3v) is 7.29. The van der Waals surface area contributed by atoms with Crippen molar-refractivity contribution in [2.75, 3.05) is 38.2 Å². The van der Waals surface area contributed by atoms with Crippen LogP contribution in [0.2, 0.25) is 0 Å². The molecule has 0 radical (unpaired) electrons. The lowest BCUT2D eigenvalue weighted by atomic mass is 10.1. The molecule has 0 N–H and O–H groups in total. The van der Waals surface area contributed by atoms with Crippen LogP contribution in [0.3, 0.4) is 0 Å².